The van der Waals surface area contributed by atoms with E-state index in [4.69, 9.17) is 4.74 Å². The number of carbonyl (C=O) groups is 1. The van der Waals surface area contributed by atoms with E-state index in [-0.39, 0.29) is 6.03 Å². The average Bonchev–Trinajstić information content (AvgIpc) is 3.33. The first kappa shape index (κ1) is 14.7. The number of nitrogens with zero attached hydrogens (tertiary/aromatic N) is 1. The Morgan fingerprint density at radius 1 is 1.33 bits per heavy atom. The molecule has 2 aliphatic rings. The smallest absolute Gasteiger partial charge is 0.321 e. The van der Waals surface area contributed by atoms with Gasteiger partial charge in [0.1, 0.15) is 0 Å². The second kappa shape index (κ2) is 7.18. The Bertz CT molecular complexity index is 485. The van der Waals surface area contributed by atoms with Crippen molar-refractivity contribution in [1.82, 2.24) is 4.90 Å². The standard InChI is InChI=1S/C16H22N2O2S/c19-16(18-6-8-21-9-7-18)17-15-3-1-2-14(10-15)12-20-11-13-4-5-13/h1-3,10,13H,4-9,11-12H2,(H,17,19). The van der Waals surface area contributed by atoms with Crippen LogP contribution in [0.15, 0.2) is 24.3 Å². The molecule has 1 saturated heterocycles. The molecule has 1 aliphatic heterocycles. The molecule has 0 radical (unpaired) electrons. The molecule has 0 aromatic heterocycles. The van der Waals surface area contributed by atoms with E-state index in [1.807, 2.05) is 40.9 Å². The number of amides is 2. The zero-order valence-corrected chi connectivity index (χ0v) is 13.0. The van der Waals surface area contributed by atoms with Gasteiger partial charge in [0.05, 0.1) is 6.61 Å². The highest BCUT2D eigenvalue weighted by Gasteiger charge is 2.21. The summed E-state index contributed by atoms with van der Waals surface area (Å²) < 4.78 is 5.69. The van der Waals surface area contributed by atoms with Crippen LogP contribution in [0.1, 0.15) is 18.4 Å². The number of hydrogen-bond donors (Lipinski definition) is 1. The summed E-state index contributed by atoms with van der Waals surface area (Å²) in [6.45, 7) is 3.16. The van der Waals surface area contributed by atoms with Gasteiger partial charge in [0, 0.05) is 36.9 Å². The highest BCUT2D eigenvalue weighted by Crippen LogP contribution is 2.29. The van der Waals surface area contributed by atoms with Gasteiger partial charge in [-0.05, 0) is 36.5 Å². The van der Waals surface area contributed by atoms with E-state index < -0.39 is 0 Å². The van der Waals surface area contributed by atoms with Crippen molar-refractivity contribution in [2.45, 2.75) is 19.4 Å². The molecule has 1 heterocycles. The number of carbonyl (C=O) groups excluding carboxylic acids is 1. The van der Waals surface area contributed by atoms with Gasteiger partial charge in [-0.1, -0.05) is 12.1 Å². The third kappa shape index (κ3) is 4.64. The SMILES string of the molecule is O=C(Nc1cccc(COCC2CC2)c1)N1CCSCC1. The fraction of sp³-hybridized carbons (Fsp3) is 0.562. The third-order valence-corrected chi connectivity index (χ3v) is 4.74. The highest BCUT2D eigenvalue weighted by atomic mass is 32.2. The molecule has 21 heavy (non-hydrogen) atoms. The molecule has 2 fully saturated rings. The number of hydrogen-bond acceptors (Lipinski definition) is 3. The first-order valence-electron chi connectivity index (χ1n) is 7.61. The van der Waals surface area contributed by atoms with E-state index in [2.05, 4.69) is 5.32 Å². The molecule has 5 heteroatoms. The Hall–Kier alpha value is -1.20. The maximum Gasteiger partial charge on any atom is 0.321 e. The molecule has 0 unspecified atom stereocenters. The number of benzene rings is 1. The van der Waals surface area contributed by atoms with Crippen molar-refractivity contribution < 1.29 is 9.53 Å². The Balaban J connectivity index is 1.50. The van der Waals surface area contributed by atoms with Gasteiger partial charge in [0.25, 0.3) is 0 Å². The van der Waals surface area contributed by atoms with Gasteiger partial charge in [-0.2, -0.15) is 11.8 Å². The van der Waals surface area contributed by atoms with E-state index in [1.165, 1.54) is 12.8 Å². The van der Waals surface area contributed by atoms with Crippen LogP contribution in [-0.4, -0.2) is 42.1 Å². The lowest BCUT2D eigenvalue weighted by atomic mass is 10.2. The third-order valence-electron chi connectivity index (χ3n) is 3.80. The number of rotatable bonds is 5. The number of ether oxygens (including phenoxy) is 1. The van der Waals surface area contributed by atoms with Crippen LogP contribution in [0.4, 0.5) is 10.5 Å². The van der Waals surface area contributed by atoms with Crippen LogP contribution < -0.4 is 5.32 Å². The summed E-state index contributed by atoms with van der Waals surface area (Å²) in [5.41, 5.74) is 1.97. The molecule has 1 aliphatic carbocycles. The predicted molar refractivity (Wildman–Crippen MR) is 86.7 cm³/mol. The van der Waals surface area contributed by atoms with Crippen LogP contribution in [0.3, 0.4) is 0 Å². The lowest BCUT2D eigenvalue weighted by Gasteiger charge is -2.26. The number of nitrogens with one attached hydrogen (secondary N) is 1. The van der Waals surface area contributed by atoms with Crippen LogP contribution in [0, 0.1) is 5.92 Å². The summed E-state index contributed by atoms with van der Waals surface area (Å²) in [6, 6.07) is 7.95. The molecule has 0 spiro atoms. The van der Waals surface area contributed by atoms with Gasteiger partial charge < -0.3 is 15.0 Å². The summed E-state index contributed by atoms with van der Waals surface area (Å²) in [5.74, 6) is 2.84. The second-order valence-corrected chi connectivity index (χ2v) is 6.91. The van der Waals surface area contributed by atoms with Crippen molar-refractivity contribution in [3.05, 3.63) is 29.8 Å². The normalized spacial score (nSPS) is 18.6. The molecule has 0 bridgehead atoms. The molecule has 4 nitrogen and oxygen atoms in total. The highest BCUT2D eigenvalue weighted by molar-refractivity contribution is 7.99. The molecule has 1 aromatic rings. The first-order chi connectivity index (χ1) is 10.3. The average molecular weight is 306 g/mol. The van der Waals surface area contributed by atoms with Gasteiger partial charge in [0.15, 0.2) is 0 Å². The molecular weight excluding hydrogens is 284 g/mol. The minimum atomic E-state index is 0.00588. The largest absolute Gasteiger partial charge is 0.376 e. The molecular formula is C16H22N2O2S. The minimum absolute atomic E-state index is 0.00588. The monoisotopic (exact) mass is 306 g/mol. The van der Waals surface area contributed by atoms with Crippen LogP contribution >= 0.6 is 11.8 Å². The predicted octanol–water partition coefficient (Wildman–Crippen LogP) is 3.19. The van der Waals surface area contributed by atoms with Gasteiger partial charge in [-0.15, -0.1) is 0 Å². The van der Waals surface area contributed by atoms with Gasteiger partial charge in [-0.3, -0.25) is 0 Å². The minimum Gasteiger partial charge on any atom is -0.376 e. The summed E-state index contributed by atoms with van der Waals surface area (Å²) in [5, 5.41) is 2.99. The number of anilines is 1. The van der Waals surface area contributed by atoms with E-state index in [1.54, 1.807) is 0 Å². The van der Waals surface area contributed by atoms with Gasteiger partial charge in [-0.25, -0.2) is 4.79 Å². The molecule has 1 N–H and O–H groups in total. The summed E-state index contributed by atoms with van der Waals surface area (Å²) in [6.07, 6.45) is 2.62. The number of thioether (sulfide) groups is 1. The van der Waals surface area contributed by atoms with E-state index in [0.717, 1.165) is 48.4 Å². The number of urea groups is 1. The zero-order chi connectivity index (χ0) is 14.5. The van der Waals surface area contributed by atoms with Crippen LogP contribution in [0.25, 0.3) is 0 Å². The molecule has 2 amide bonds. The Labute approximate surface area is 130 Å². The van der Waals surface area contributed by atoms with E-state index in [9.17, 15) is 4.79 Å². The van der Waals surface area contributed by atoms with Crippen LogP contribution in [0.2, 0.25) is 0 Å². The summed E-state index contributed by atoms with van der Waals surface area (Å²) in [7, 11) is 0. The van der Waals surface area contributed by atoms with Crippen molar-refractivity contribution in [3.63, 3.8) is 0 Å². The lowest BCUT2D eigenvalue weighted by molar-refractivity contribution is 0.111. The van der Waals surface area contributed by atoms with Crippen LogP contribution in [-0.2, 0) is 11.3 Å². The zero-order valence-electron chi connectivity index (χ0n) is 12.2. The molecule has 3 rings (SSSR count). The van der Waals surface area contributed by atoms with Crippen molar-refractivity contribution in [2.24, 2.45) is 5.92 Å². The van der Waals surface area contributed by atoms with Crippen molar-refractivity contribution in [1.29, 1.82) is 0 Å². The fourth-order valence-electron chi connectivity index (χ4n) is 2.34. The quantitative estimate of drug-likeness (QED) is 0.908. The van der Waals surface area contributed by atoms with Crippen molar-refractivity contribution in [3.8, 4) is 0 Å². The maximum absolute atomic E-state index is 12.2. The Kier molecular flexibility index (Phi) is 5.04. The van der Waals surface area contributed by atoms with Crippen molar-refractivity contribution >= 4 is 23.5 Å². The summed E-state index contributed by atoms with van der Waals surface area (Å²) >= 11 is 1.90. The molecule has 114 valence electrons. The second-order valence-electron chi connectivity index (χ2n) is 5.69. The molecule has 1 aromatic carbocycles. The first-order valence-corrected chi connectivity index (χ1v) is 8.77. The van der Waals surface area contributed by atoms with Crippen molar-refractivity contribution in [2.75, 3.05) is 36.5 Å². The van der Waals surface area contributed by atoms with Gasteiger partial charge >= 0.3 is 6.03 Å². The summed E-state index contributed by atoms with van der Waals surface area (Å²) in [4.78, 5) is 14.0. The van der Waals surface area contributed by atoms with Crippen LogP contribution in [0.5, 0.6) is 0 Å². The Morgan fingerprint density at radius 3 is 2.90 bits per heavy atom. The van der Waals surface area contributed by atoms with Gasteiger partial charge in [0.2, 0.25) is 0 Å². The topological polar surface area (TPSA) is 41.6 Å². The van der Waals surface area contributed by atoms with E-state index >= 15 is 0 Å². The lowest BCUT2D eigenvalue weighted by Crippen LogP contribution is -2.40. The Morgan fingerprint density at radius 2 is 2.14 bits per heavy atom. The fourth-order valence-corrected chi connectivity index (χ4v) is 3.24. The molecule has 0 atom stereocenters. The molecule has 1 saturated carbocycles. The maximum atomic E-state index is 12.2. The van der Waals surface area contributed by atoms with E-state index in [0.29, 0.717) is 6.61 Å².